The Balaban J connectivity index is 2.49. The molecule has 0 spiro atoms. The highest BCUT2D eigenvalue weighted by atomic mass is 16.5. The zero-order chi connectivity index (χ0) is 14.3. The van der Waals surface area contributed by atoms with E-state index >= 15 is 0 Å². The summed E-state index contributed by atoms with van der Waals surface area (Å²) in [6.07, 6.45) is 0.921. The van der Waals surface area contributed by atoms with Crippen LogP contribution >= 0.6 is 0 Å². The molecule has 0 fully saturated rings. The summed E-state index contributed by atoms with van der Waals surface area (Å²) in [6, 6.07) is 6.11. The van der Waals surface area contributed by atoms with E-state index in [1.54, 1.807) is 12.1 Å². The van der Waals surface area contributed by atoms with Gasteiger partial charge in [0.1, 0.15) is 12.4 Å². The van der Waals surface area contributed by atoms with Crippen molar-refractivity contribution in [3.63, 3.8) is 0 Å². The lowest BCUT2D eigenvalue weighted by atomic mass is 9.84. The SMILES string of the molecule is CCC(CC)(CO)COC(=O)Nc1ccc(O)cc1. The summed E-state index contributed by atoms with van der Waals surface area (Å²) in [4.78, 5) is 11.6. The van der Waals surface area contributed by atoms with Gasteiger partial charge in [-0.1, -0.05) is 13.8 Å². The number of amides is 1. The molecule has 0 saturated carbocycles. The molecular weight excluding hydrogens is 246 g/mol. The first-order valence-corrected chi connectivity index (χ1v) is 6.39. The number of aliphatic hydroxyl groups is 1. The first-order chi connectivity index (χ1) is 9.05. The van der Waals surface area contributed by atoms with Crippen molar-refractivity contribution in [3.05, 3.63) is 24.3 Å². The first kappa shape index (κ1) is 15.3. The molecule has 0 saturated heterocycles. The Hall–Kier alpha value is -1.75. The van der Waals surface area contributed by atoms with Gasteiger partial charge in [0.15, 0.2) is 0 Å². The van der Waals surface area contributed by atoms with Crippen LogP contribution in [0.3, 0.4) is 0 Å². The average molecular weight is 267 g/mol. The molecule has 0 aliphatic heterocycles. The molecule has 0 unspecified atom stereocenters. The Morgan fingerprint density at radius 3 is 2.32 bits per heavy atom. The smallest absolute Gasteiger partial charge is 0.411 e. The van der Waals surface area contributed by atoms with Crippen LogP contribution in [0.25, 0.3) is 0 Å². The van der Waals surface area contributed by atoms with Crippen molar-refractivity contribution in [3.8, 4) is 5.75 Å². The molecule has 0 bridgehead atoms. The van der Waals surface area contributed by atoms with E-state index in [-0.39, 0.29) is 24.4 Å². The van der Waals surface area contributed by atoms with Crippen molar-refractivity contribution in [2.24, 2.45) is 5.41 Å². The van der Waals surface area contributed by atoms with Crippen LogP contribution in [0.15, 0.2) is 24.3 Å². The number of phenolic OH excluding ortho intramolecular Hbond substituents is 1. The molecule has 0 heterocycles. The van der Waals surface area contributed by atoms with Crippen LogP contribution in [0.5, 0.6) is 5.75 Å². The van der Waals surface area contributed by atoms with Crippen molar-refractivity contribution in [1.29, 1.82) is 0 Å². The fourth-order valence-electron chi connectivity index (χ4n) is 1.64. The number of nitrogens with one attached hydrogen (secondary N) is 1. The van der Waals surface area contributed by atoms with E-state index in [1.165, 1.54) is 12.1 Å². The van der Waals surface area contributed by atoms with Crippen molar-refractivity contribution < 1.29 is 19.7 Å². The number of aliphatic hydroxyl groups excluding tert-OH is 1. The molecule has 106 valence electrons. The van der Waals surface area contributed by atoms with Gasteiger partial charge in [-0.3, -0.25) is 5.32 Å². The fraction of sp³-hybridized carbons (Fsp3) is 0.500. The van der Waals surface area contributed by atoms with Gasteiger partial charge >= 0.3 is 6.09 Å². The third kappa shape index (κ3) is 4.44. The maximum Gasteiger partial charge on any atom is 0.411 e. The highest BCUT2D eigenvalue weighted by Gasteiger charge is 2.27. The summed E-state index contributed by atoms with van der Waals surface area (Å²) in [6.45, 7) is 4.09. The van der Waals surface area contributed by atoms with Gasteiger partial charge in [-0.25, -0.2) is 4.79 Å². The maximum atomic E-state index is 11.6. The average Bonchev–Trinajstić information content (AvgIpc) is 2.44. The summed E-state index contributed by atoms with van der Waals surface area (Å²) in [5.41, 5.74) is 0.178. The van der Waals surface area contributed by atoms with E-state index < -0.39 is 6.09 Å². The number of hydrogen-bond donors (Lipinski definition) is 3. The number of aromatic hydroxyl groups is 1. The van der Waals surface area contributed by atoms with Gasteiger partial charge < -0.3 is 14.9 Å². The number of benzene rings is 1. The number of phenols is 1. The van der Waals surface area contributed by atoms with Crippen molar-refractivity contribution in [2.75, 3.05) is 18.5 Å². The zero-order valence-corrected chi connectivity index (χ0v) is 11.3. The molecule has 5 nitrogen and oxygen atoms in total. The van der Waals surface area contributed by atoms with E-state index in [4.69, 9.17) is 9.84 Å². The number of carbonyl (C=O) groups excluding carboxylic acids is 1. The van der Waals surface area contributed by atoms with E-state index in [1.807, 2.05) is 13.8 Å². The Labute approximate surface area is 113 Å². The van der Waals surface area contributed by atoms with E-state index in [9.17, 15) is 9.90 Å². The van der Waals surface area contributed by atoms with E-state index in [0.717, 1.165) is 12.8 Å². The van der Waals surface area contributed by atoms with Crippen LogP contribution < -0.4 is 5.32 Å². The molecule has 0 aromatic heterocycles. The second kappa shape index (κ2) is 6.99. The minimum Gasteiger partial charge on any atom is -0.508 e. The maximum absolute atomic E-state index is 11.6. The van der Waals surface area contributed by atoms with E-state index in [2.05, 4.69) is 5.32 Å². The van der Waals surface area contributed by atoms with Crippen LogP contribution in [0, 0.1) is 5.41 Å². The van der Waals surface area contributed by atoms with Gasteiger partial charge in [0, 0.05) is 11.1 Å². The Kier molecular flexibility index (Phi) is 5.63. The highest BCUT2D eigenvalue weighted by molar-refractivity contribution is 5.84. The monoisotopic (exact) mass is 267 g/mol. The van der Waals surface area contributed by atoms with Crippen molar-refractivity contribution in [2.45, 2.75) is 26.7 Å². The number of carbonyl (C=O) groups is 1. The second-order valence-corrected chi connectivity index (χ2v) is 4.61. The molecule has 0 aliphatic rings. The highest BCUT2D eigenvalue weighted by Crippen LogP contribution is 2.26. The van der Waals surface area contributed by atoms with Gasteiger partial charge in [-0.15, -0.1) is 0 Å². The predicted molar refractivity (Wildman–Crippen MR) is 73.2 cm³/mol. The third-order valence-corrected chi connectivity index (χ3v) is 3.46. The van der Waals surface area contributed by atoms with Gasteiger partial charge in [0.2, 0.25) is 0 Å². The lowest BCUT2D eigenvalue weighted by molar-refractivity contribution is 0.0369. The summed E-state index contributed by atoms with van der Waals surface area (Å²) < 4.78 is 5.14. The number of anilines is 1. The minimum atomic E-state index is -0.564. The van der Waals surface area contributed by atoms with Crippen LogP contribution in [-0.2, 0) is 4.74 Å². The lowest BCUT2D eigenvalue weighted by Gasteiger charge is -2.28. The van der Waals surface area contributed by atoms with Crippen LogP contribution in [0.1, 0.15) is 26.7 Å². The molecule has 1 rings (SSSR count). The summed E-state index contributed by atoms with van der Waals surface area (Å²) in [7, 11) is 0. The first-order valence-electron chi connectivity index (χ1n) is 6.39. The van der Waals surface area contributed by atoms with Gasteiger partial charge in [-0.05, 0) is 37.1 Å². The number of rotatable bonds is 6. The Bertz CT molecular complexity index is 390. The molecule has 3 N–H and O–H groups in total. The largest absolute Gasteiger partial charge is 0.508 e. The Morgan fingerprint density at radius 1 is 1.26 bits per heavy atom. The standard InChI is InChI=1S/C14H21NO4/c1-3-14(4-2,9-16)10-19-13(18)15-11-5-7-12(17)8-6-11/h5-8,16-17H,3-4,9-10H2,1-2H3,(H,15,18). The van der Waals surface area contributed by atoms with Crippen LogP contribution in [0.2, 0.25) is 0 Å². The lowest BCUT2D eigenvalue weighted by Crippen LogP contribution is -2.32. The molecule has 1 amide bonds. The van der Waals surface area contributed by atoms with Gasteiger partial charge in [-0.2, -0.15) is 0 Å². The number of ether oxygens (including phenoxy) is 1. The van der Waals surface area contributed by atoms with Crippen molar-refractivity contribution in [1.82, 2.24) is 0 Å². The molecule has 0 atom stereocenters. The summed E-state index contributed by atoms with van der Waals surface area (Å²) in [5.74, 6) is 0.134. The normalized spacial score (nSPS) is 11.1. The fourth-order valence-corrected chi connectivity index (χ4v) is 1.64. The molecule has 5 heteroatoms. The predicted octanol–water partition coefficient (Wildman–Crippen LogP) is 2.74. The Morgan fingerprint density at radius 2 is 1.84 bits per heavy atom. The molecule has 0 radical (unpaired) electrons. The second-order valence-electron chi connectivity index (χ2n) is 4.61. The molecular formula is C14H21NO4. The summed E-state index contributed by atoms with van der Waals surface area (Å²) >= 11 is 0. The zero-order valence-electron chi connectivity index (χ0n) is 11.3. The molecule has 0 aliphatic carbocycles. The molecule has 19 heavy (non-hydrogen) atoms. The van der Waals surface area contributed by atoms with Crippen LogP contribution in [0.4, 0.5) is 10.5 Å². The van der Waals surface area contributed by atoms with Gasteiger partial charge in [0.05, 0.1) is 6.61 Å². The number of hydrogen-bond acceptors (Lipinski definition) is 4. The minimum absolute atomic E-state index is 0.00745. The topological polar surface area (TPSA) is 78.8 Å². The van der Waals surface area contributed by atoms with Crippen molar-refractivity contribution >= 4 is 11.8 Å². The van der Waals surface area contributed by atoms with Crippen LogP contribution in [-0.4, -0.2) is 29.5 Å². The van der Waals surface area contributed by atoms with Gasteiger partial charge in [0.25, 0.3) is 0 Å². The van der Waals surface area contributed by atoms with E-state index in [0.29, 0.717) is 5.69 Å². The summed E-state index contributed by atoms with van der Waals surface area (Å²) in [5, 5.41) is 21.1. The molecule has 1 aromatic carbocycles. The molecule has 1 aromatic rings. The third-order valence-electron chi connectivity index (χ3n) is 3.46. The quantitative estimate of drug-likeness (QED) is 0.692.